The maximum absolute atomic E-state index is 12.2. The smallest absolute Gasteiger partial charge is 0.276 e. The van der Waals surface area contributed by atoms with E-state index in [1.54, 1.807) is 36.4 Å². The Balaban J connectivity index is 1.69. The standard InChI is InChI=1S/C19H17ClN4O2/c1-2-26-17-9-4-3-8-15(17)22-18-11-10-16(23-24-18)19(25)21-14-7-5-6-13(20)12-14/h3-12H,2H2,1H3,(H,21,25)(H,22,24). The molecule has 0 bridgehead atoms. The molecule has 1 amide bonds. The van der Waals surface area contributed by atoms with Gasteiger partial charge >= 0.3 is 0 Å². The molecule has 0 saturated heterocycles. The molecule has 2 N–H and O–H groups in total. The van der Waals surface area contributed by atoms with Gasteiger partial charge in [-0.3, -0.25) is 4.79 Å². The first-order valence-corrected chi connectivity index (χ1v) is 8.43. The number of rotatable bonds is 6. The maximum atomic E-state index is 12.2. The molecule has 0 unspecified atom stereocenters. The molecular formula is C19H17ClN4O2. The minimum absolute atomic E-state index is 0.202. The molecule has 6 nitrogen and oxygen atoms in total. The summed E-state index contributed by atoms with van der Waals surface area (Å²) in [5.74, 6) is 0.872. The van der Waals surface area contributed by atoms with E-state index in [2.05, 4.69) is 20.8 Å². The van der Waals surface area contributed by atoms with E-state index in [4.69, 9.17) is 16.3 Å². The van der Waals surface area contributed by atoms with Crippen LogP contribution in [0, 0.1) is 0 Å². The van der Waals surface area contributed by atoms with Gasteiger partial charge in [-0.05, 0) is 49.4 Å². The second-order valence-corrected chi connectivity index (χ2v) is 5.76. The van der Waals surface area contributed by atoms with Gasteiger partial charge in [0, 0.05) is 10.7 Å². The van der Waals surface area contributed by atoms with Crippen molar-refractivity contribution in [3.05, 3.63) is 71.4 Å². The highest BCUT2D eigenvalue weighted by atomic mass is 35.5. The van der Waals surface area contributed by atoms with Crippen LogP contribution < -0.4 is 15.4 Å². The highest BCUT2D eigenvalue weighted by Gasteiger charge is 2.10. The third-order valence-electron chi connectivity index (χ3n) is 3.43. The summed E-state index contributed by atoms with van der Waals surface area (Å²) in [6.45, 7) is 2.48. The van der Waals surface area contributed by atoms with Crippen LogP contribution in [-0.4, -0.2) is 22.7 Å². The molecule has 0 aliphatic carbocycles. The van der Waals surface area contributed by atoms with Crippen LogP contribution in [0.3, 0.4) is 0 Å². The number of amides is 1. The number of nitrogens with one attached hydrogen (secondary N) is 2. The second-order valence-electron chi connectivity index (χ2n) is 5.32. The van der Waals surface area contributed by atoms with E-state index in [1.807, 2.05) is 31.2 Å². The Bertz CT molecular complexity index is 900. The molecular weight excluding hydrogens is 352 g/mol. The van der Waals surface area contributed by atoms with Crippen LogP contribution in [0.1, 0.15) is 17.4 Å². The molecule has 0 fully saturated rings. The van der Waals surface area contributed by atoms with Crippen LogP contribution in [0.4, 0.5) is 17.2 Å². The van der Waals surface area contributed by atoms with Crippen molar-refractivity contribution in [1.29, 1.82) is 0 Å². The predicted molar refractivity (Wildman–Crippen MR) is 102 cm³/mol. The number of para-hydroxylation sites is 2. The molecule has 132 valence electrons. The summed E-state index contributed by atoms with van der Waals surface area (Å²) in [5.41, 5.74) is 1.57. The van der Waals surface area contributed by atoms with Gasteiger partial charge in [0.15, 0.2) is 11.5 Å². The third kappa shape index (κ3) is 4.49. The molecule has 1 aromatic heterocycles. The van der Waals surface area contributed by atoms with E-state index in [1.165, 1.54) is 0 Å². The van der Waals surface area contributed by atoms with Gasteiger partial charge < -0.3 is 15.4 Å². The van der Waals surface area contributed by atoms with E-state index in [9.17, 15) is 4.79 Å². The van der Waals surface area contributed by atoms with E-state index < -0.39 is 0 Å². The zero-order chi connectivity index (χ0) is 18.4. The summed E-state index contributed by atoms with van der Waals surface area (Å²) < 4.78 is 5.56. The van der Waals surface area contributed by atoms with Crippen molar-refractivity contribution >= 4 is 34.7 Å². The quantitative estimate of drug-likeness (QED) is 0.668. The number of hydrogen-bond acceptors (Lipinski definition) is 5. The van der Waals surface area contributed by atoms with Crippen molar-refractivity contribution in [3.63, 3.8) is 0 Å². The molecule has 2 aromatic carbocycles. The van der Waals surface area contributed by atoms with Gasteiger partial charge in [-0.1, -0.05) is 29.8 Å². The molecule has 0 aliphatic heterocycles. The number of carbonyl (C=O) groups excluding carboxylic acids is 1. The first kappa shape index (κ1) is 17.7. The van der Waals surface area contributed by atoms with Crippen LogP contribution in [0.15, 0.2) is 60.7 Å². The molecule has 0 saturated carbocycles. The van der Waals surface area contributed by atoms with Crippen LogP contribution in [0.25, 0.3) is 0 Å². The molecule has 0 atom stereocenters. The van der Waals surface area contributed by atoms with Gasteiger partial charge in [-0.15, -0.1) is 10.2 Å². The first-order chi connectivity index (χ1) is 12.7. The van der Waals surface area contributed by atoms with Gasteiger partial charge in [0.25, 0.3) is 5.91 Å². The normalized spacial score (nSPS) is 10.2. The lowest BCUT2D eigenvalue weighted by Crippen LogP contribution is -2.14. The van der Waals surface area contributed by atoms with Crippen molar-refractivity contribution in [2.45, 2.75) is 6.92 Å². The first-order valence-electron chi connectivity index (χ1n) is 8.05. The number of halogens is 1. The predicted octanol–water partition coefficient (Wildman–Crippen LogP) is 4.52. The molecule has 26 heavy (non-hydrogen) atoms. The summed E-state index contributed by atoms with van der Waals surface area (Å²) >= 11 is 5.91. The largest absolute Gasteiger partial charge is 0.492 e. The number of carbonyl (C=O) groups is 1. The monoisotopic (exact) mass is 368 g/mol. The summed E-state index contributed by atoms with van der Waals surface area (Å²) in [5, 5.41) is 14.4. The zero-order valence-corrected chi connectivity index (χ0v) is 14.8. The lowest BCUT2D eigenvalue weighted by atomic mass is 10.3. The minimum Gasteiger partial charge on any atom is -0.492 e. The molecule has 3 aromatic rings. The molecule has 0 spiro atoms. The van der Waals surface area contributed by atoms with Crippen LogP contribution in [0.5, 0.6) is 5.75 Å². The Hall–Kier alpha value is -3.12. The van der Waals surface area contributed by atoms with E-state index >= 15 is 0 Å². The Morgan fingerprint density at radius 2 is 1.92 bits per heavy atom. The minimum atomic E-state index is -0.360. The summed E-state index contributed by atoms with van der Waals surface area (Å²) in [6.07, 6.45) is 0. The van der Waals surface area contributed by atoms with Gasteiger partial charge in [0.1, 0.15) is 5.75 Å². The van der Waals surface area contributed by atoms with Crippen molar-refractivity contribution in [2.24, 2.45) is 0 Å². The van der Waals surface area contributed by atoms with E-state index in [0.717, 1.165) is 11.4 Å². The number of anilines is 3. The fourth-order valence-electron chi connectivity index (χ4n) is 2.27. The maximum Gasteiger partial charge on any atom is 0.276 e. The number of benzene rings is 2. The Labute approximate surface area is 156 Å². The van der Waals surface area contributed by atoms with E-state index in [0.29, 0.717) is 23.1 Å². The lowest BCUT2D eigenvalue weighted by Gasteiger charge is -2.11. The summed E-state index contributed by atoms with van der Waals surface area (Å²) in [4.78, 5) is 12.2. The third-order valence-corrected chi connectivity index (χ3v) is 3.66. The summed E-state index contributed by atoms with van der Waals surface area (Å²) in [7, 11) is 0. The van der Waals surface area contributed by atoms with Crippen molar-refractivity contribution in [1.82, 2.24) is 10.2 Å². The van der Waals surface area contributed by atoms with Crippen LogP contribution in [-0.2, 0) is 0 Å². The average Bonchev–Trinajstić information content (AvgIpc) is 2.64. The summed E-state index contributed by atoms with van der Waals surface area (Å²) in [6, 6.07) is 17.7. The van der Waals surface area contributed by atoms with Gasteiger partial charge in [-0.25, -0.2) is 0 Å². The number of hydrogen-bond donors (Lipinski definition) is 2. The lowest BCUT2D eigenvalue weighted by molar-refractivity contribution is 0.102. The van der Waals surface area contributed by atoms with Crippen molar-refractivity contribution < 1.29 is 9.53 Å². The Morgan fingerprint density at radius 3 is 2.65 bits per heavy atom. The van der Waals surface area contributed by atoms with E-state index in [-0.39, 0.29) is 11.6 Å². The molecule has 0 aliphatic rings. The number of nitrogens with zero attached hydrogens (tertiary/aromatic N) is 2. The van der Waals surface area contributed by atoms with Crippen molar-refractivity contribution in [3.8, 4) is 5.75 Å². The Morgan fingerprint density at radius 1 is 1.08 bits per heavy atom. The molecule has 1 heterocycles. The number of ether oxygens (including phenoxy) is 1. The highest BCUT2D eigenvalue weighted by molar-refractivity contribution is 6.30. The fourth-order valence-corrected chi connectivity index (χ4v) is 2.46. The molecule has 3 rings (SSSR count). The zero-order valence-electron chi connectivity index (χ0n) is 14.1. The second kappa shape index (κ2) is 8.31. The highest BCUT2D eigenvalue weighted by Crippen LogP contribution is 2.26. The van der Waals surface area contributed by atoms with Gasteiger partial charge in [0.05, 0.1) is 12.3 Å². The average molecular weight is 369 g/mol. The SMILES string of the molecule is CCOc1ccccc1Nc1ccc(C(=O)Nc2cccc(Cl)c2)nn1. The number of aromatic nitrogens is 2. The topological polar surface area (TPSA) is 76.1 Å². The van der Waals surface area contributed by atoms with Crippen LogP contribution >= 0.6 is 11.6 Å². The fraction of sp³-hybridized carbons (Fsp3) is 0.105. The molecule has 7 heteroatoms. The van der Waals surface area contributed by atoms with Crippen LogP contribution in [0.2, 0.25) is 5.02 Å². The van der Waals surface area contributed by atoms with Gasteiger partial charge in [-0.2, -0.15) is 0 Å². The molecule has 0 radical (unpaired) electrons. The Kier molecular flexibility index (Phi) is 5.66. The van der Waals surface area contributed by atoms with Gasteiger partial charge in [0.2, 0.25) is 0 Å². The van der Waals surface area contributed by atoms with Crippen molar-refractivity contribution in [2.75, 3.05) is 17.2 Å².